The van der Waals surface area contributed by atoms with E-state index in [1.807, 2.05) is 12.3 Å². The van der Waals surface area contributed by atoms with Crippen molar-refractivity contribution in [1.82, 2.24) is 9.61 Å². The van der Waals surface area contributed by atoms with Gasteiger partial charge in [0, 0.05) is 11.8 Å². The smallest absolute Gasteiger partial charge is 0.273 e. The summed E-state index contributed by atoms with van der Waals surface area (Å²) in [6, 6.07) is 2.02. The van der Waals surface area contributed by atoms with Gasteiger partial charge in [0.2, 0.25) is 0 Å². The van der Waals surface area contributed by atoms with E-state index in [0.29, 0.717) is 0 Å². The lowest BCUT2D eigenvalue weighted by molar-refractivity contribution is 0.490. The Morgan fingerprint density at radius 2 is 1.23 bits per heavy atom. The minimum Gasteiger partial charge on any atom is -0.298 e. The van der Waals surface area contributed by atoms with Crippen LogP contribution in [0.5, 0.6) is 0 Å². The maximum Gasteiger partial charge on any atom is 0.273 e. The number of aromatic amines is 1. The molecule has 0 saturated heterocycles. The molecule has 0 fully saturated rings. The van der Waals surface area contributed by atoms with Gasteiger partial charge in [-0.15, -0.1) is 0 Å². The Morgan fingerprint density at radius 1 is 0.773 bits per heavy atom. The zero-order valence-corrected chi connectivity index (χ0v) is 15.5. The van der Waals surface area contributed by atoms with E-state index in [1.54, 1.807) is 4.52 Å². The van der Waals surface area contributed by atoms with Crippen LogP contribution in [0.4, 0.5) is 0 Å². The Morgan fingerprint density at radius 3 is 1.64 bits per heavy atom. The molecule has 0 atom stereocenters. The number of hydrogen-bond donors (Lipinski definition) is 1. The average Bonchev–Trinajstić information content (AvgIpc) is 2.72. The van der Waals surface area contributed by atoms with Crippen LogP contribution >= 0.6 is 0 Å². The van der Waals surface area contributed by atoms with Crippen molar-refractivity contribution in [3.63, 3.8) is 0 Å². The highest BCUT2D eigenvalue weighted by molar-refractivity contribution is 5.64. The minimum atomic E-state index is -0.202. The molecule has 1 N–H and O–H groups in total. The first-order valence-electron chi connectivity index (χ1n) is 8.04. The quantitative estimate of drug-likeness (QED) is 0.763. The van der Waals surface area contributed by atoms with Gasteiger partial charge in [-0.2, -0.15) is 0 Å². The first-order valence-corrected chi connectivity index (χ1v) is 8.04. The van der Waals surface area contributed by atoms with Crippen molar-refractivity contribution < 1.29 is 0 Å². The van der Waals surface area contributed by atoms with Crippen molar-refractivity contribution in [2.24, 2.45) is 0 Å². The van der Waals surface area contributed by atoms with Gasteiger partial charge in [-0.3, -0.25) is 9.89 Å². The van der Waals surface area contributed by atoms with E-state index in [-0.39, 0.29) is 21.8 Å². The third-order valence-corrected chi connectivity index (χ3v) is 4.11. The monoisotopic (exact) mass is 302 g/mol. The van der Waals surface area contributed by atoms with Crippen LogP contribution < -0.4 is 5.56 Å². The van der Waals surface area contributed by atoms with Gasteiger partial charge in [0.1, 0.15) is 0 Å². The molecule has 2 aromatic rings. The highest BCUT2D eigenvalue weighted by Crippen LogP contribution is 2.40. The number of H-pyrrole nitrogens is 1. The Bertz CT molecular complexity index is 756. The summed E-state index contributed by atoms with van der Waals surface area (Å²) in [6.07, 6.45) is 1.85. The normalized spacial score (nSPS) is 13.9. The van der Waals surface area contributed by atoms with Crippen LogP contribution in [0.2, 0.25) is 0 Å². The van der Waals surface area contributed by atoms with Crippen molar-refractivity contribution in [2.45, 2.75) is 78.6 Å². The largest absolute Gasteiger partial charge is 0.298 e. The molecule has 0 radical (unpaired) electrons. The molecule has 2 rings (SSSR count). The van der Waals surface area contributed by atoms with Gasteiger partial charge < -0.3 is 0 Å². The second-order valence-electron chi connectivity index (χ2n) is 9.36. The van der Waals surface area contributed by atoms with Crippen molar-refractivity contribution in [2.75, 3.05) is 0 Å². The fourth-order valence-corrected chi connectivity index (χ4v) is 3.37. The molecular formula is C19H30N2O. The van der Waals surface area contributed by atoms with Crippen molar-refractivity contribution >= 4 is 5.52 Å². The fraction of sp³-hybridized carbons (Fsp3) is 0.632. The lowest BCUT2D eigenvalue weighted by Gasteiger charge is -2.36. The molecule has 0 bridgehead atoms. The summed E-state index contributed by atoms with van der Waals surface area (Å²) in [5.41, 5.74) is 4.14. The van der Waals surface area contributed by atoms with Crippen molar-refractivity contribution in [3.8, 4) is 0 Å². The summed E-state index contributed by atoms with van der Waals surface area (Å²) >= 11 is 0. The Labute approximate surface area is 133 Å². The van der Waals surface area contributed by atoms with Crippen LogP contribution in [0, 0.1) is 0 Å². The number of hydrogen-bond acceptors (Lipinski definition) is 1. The Hall–Kier alpha value is -1.51. The van der Waals surface area contributed by atoms with E-state index in [9.17, 15) is 4.79 Å². The number of aromatic nitrogens is 2. The number of pyridine rings is 1. The first-order chi connectivity index (χ1) is 9.76. The molecule has 0 aliphatic rings. The molecule has 0 aliphatic carbocycles. The van der Waals surface area contributed by atoms with Crippen LogP contribution in [0.1, 0.15) is 79.0 Å². The molecule has 3 heteroatoms. The van der Waals surface area contributed by atoms with Gasteiger partial charge in [0.05, 0.1) is 5.52 Å². The predicted octanol–water partition coefficient (Wildman–Crippen LogP) is 4.52. The maximum atomic E-state index is 13.1. The number of fused-ring (bicyclic) bond motifs is 1. The number of nitrogens with zero attached hydrogens (tertiary/aromatic N) is 1. The average molecular weight is 302 g/mol. The van der Waals surface area contributed by atoms with Gasteiger partial charge in [-0.05, 0) is 33.4 Å². The maximum absolute atomic E-state index is 13.1. The zero-order chi connectivity index (χ0) is 17.1. The molecule has 0 aromatic carbocycles. The highest BCUT2D eigenvalue weighted by atomic mass is 16.1. The molecule has 0 aliphatic heterocycles. The summed E-state index contributed by atoms with van der Waals surface area (Å²) in [5, 5.41) is 3.10. The molecule has 3 nitrogen and oxygen atoms in total. The molecule has 0 spiro atoms. The summed E-state index contributed by atoms with van der Waals surface area (Å²) in [6.45, 7) is 19.7. The number of nitrogens with one attached hydrogen (secondary N) is 1. The van der Waals surface area contributed by atoms with Crippen LogP contribution in [0.25, 0.3) is 5.52 Å². The molecule has 0 unspecified atom stereocenters. The van der Waals surface area contributed by atoms with Gasteiger partial charge >= 0.3 is 0 Å². The molecule has 2 heterocycles. The third-order valence-electron chi connectivity index (χ3n) is 4.11. The van der Waals surface area contributed by atoms with Crippen LogP contribution in [0.3, 0.4) is 0 Å². The summed E-state index contributed by atoms with van der Waals surface area (Å²) < 4.78 is 1.70. The highest BCUT2D eigenvalue weighted by Gasteiger charge is 2.36. The molecule has 122 valence electrons. The summed E-state index contributed by atoms with van der Waals surface area (Å²) in [5.74, 6) is 0. The second kappa shape index (κ2) is 4.74. The van der Waals surface area contributed by atoms with E-state index in [2.05, 4.69) is 67.4 Å². The van der Waals surface area contributed by atoms with E-state index >= 15 is 0 Å². The lowest BCUT2D eigenvalue weighted by atomic mass is 9.69. The molecule has 0 saturated carbocycles. The number of rotatable bonds is 0. The fourth-order valence-electron chi connectivity index (χ4n) is 3.37. The van der Waals surface area contributed by atoms with Gasteiger partial charge in [0.25, 0.3) is 5.56 Å². The van der Waals surface area contributed by atoms with E-state index < -0.39 is 0 Å². The lowest BCUT2D eigenvalue weighted by Crippen LogP contribution is -2.37. The molecule has 0 amide bonds. The van der Waals surface area contributed by atoms with E-state index in [1.165, 1.54) is 11.1 Å². The zero-order valence-electron chi connectivity index (χ0n) is 15.5. The topological polar surface area (TPSA) is 37.3 Å². The summed E-state index contributed by atoms with van der Waals surface area (Å²) in [7, 11) is 0. The first kappa shape index (κ1) is 16.9. The standard InChI is InChI=1S/C19H30N2O/c1-17(2,3)13-12-10-11-20-21(12)16(22)15(19(7,8)9)14(13)18(4,5)6/h10-11,20H,1-9H3. The van der Waals surface area contributed by atoms with Crippen molar-refractivity contribution in [3.05, 3.63) is 39.3 Å². The van der Waals surface area contributed by atoms with Gasteiger partial charge in [0.15, 0.2) is 0 Å². The van der Waals surface area contributed by atoms with Crippen LogP contribution in [0.15, 0.2) is 17.1 Å². The SMILES string of the molecule is CC(C)(C)c1c(C(C)(C)C)c(=O)n2[nH]ccc2c1C(C)(C)C. The summed E-state index contributed by atoms with van der Waals surface area (Å²) in [4.78, 5) is 13.1. The molecular weight excluding hydrogens is 272 g/mol. The third kappa shape index (κ3) is 2.62. The van der Waals surface area contributed by atoms with E-state index in [4.69, 9.17) is 0 Å². The molecule has 22 heavy (non-hydrogen) atoms. The minimum absolute atomic E-state index is 0.0379. The Kier molecular flexibility index (Phi) is 3.63. The van der Waals surface area contributed by atoms with Crippen LogP contribution in [-0.2, 0) is 16.2 Å². The molecule has 2 aromatic heterocycles. The van der Waals surface area contributed by atoms with Gasteiger partial charge in [-0.25, -0.2) is 4.52 Å². The van der Waals surface area contributed by atoms with Crippen molar-refractivity contribution in [1.29, 1.82) is 0 Å². The van der Waals surface area contributed by atoms with Gasteiger partial charge in [-0.1, -0.05) is 62.3 Å². The predicted molar refractivity (Wildman–Crippen MR) is 94.1 cm³/mol. The second-order valence-corrected chi connectivity index (χ2v) is 9.36. The van der Waals surface area contributed by atoms with Crippen LogP contribution in [-0.4, -0.2) is 9.61 Å². The van der Waals surface area contributed by atoms with E-state index in [0.717, 1.165) is 11.1 Å². The Balaban J connectivity index is 3.19.